The van der Waals surface area contributed by atoms with Crippen LogP contribution in [-0.4, -0.2) is 27.7 Å². The van der Waals surface area contributed by atoms with Crippen molar-refractivity contribution in [1.29, 1.82) is 0 Å². The molecule has 25 heavy (non-hydrogen) atoms. The number of aromatic nitrogens is 2. The van der Waals surface area contributed by atoms with Crippen molar-refractivity contribution in [2.45, 2.75) is 33.2 Å². The number of fused-ring (bicyclic) bond motifs is 1. The van der Waals surface area contributed by atoms with Gasteiger partial charge >= 0.3 is 0 Å². The lowest BCUT2D eigenvalue weighted by Crippen LogP contribution is -2.36. The predicted molar refractivity (Wildman–Crippen MR) is 101 cm³/mol. The fourth-order valence-corrected chi connectivity index (χ4v) is 2.80. The summed E-state index contributed by atoms with van der Waals surface area (Å²) >= 11 is 0. The minimum absolute atomic E-state index is 0.0906. The molecule has 0 spiro atoms. The van der Waals surface area contributed by atoms with Gasteiger partial charge in [-0.1, -0.05) is 44.7 Å². The third-order valence-electron chi connectivity index (χ3n) is 3.87. The summed E-state index contributed by atoms with van der Waals surface area (Å²) in [6.07, 6.45) is 8.66. The number of carbonyl (C=O) groups excluding carboxylic acids is 2. The van der Waals surface area contributed by atoms with E-state index in [9.17, 15) is 9.59 Å². The number of carbonyl (C=O) groups is 2. The van der Waals surface area contributed by atoms with Crippen LogP contribution < -0.4 is 4.90 Å². The van der Waals surface area contributed by atoms with Crippen LogP contribution in [0.1, 0.15) is 27.2 Å². The number of nitrogens with one attached hydrogen (secondary N) is 1. The lowest BCUT2D eigenvalue weighted by Gasteiger charge is -2.24. The molecule has 0 bridgehead atoms. The lowest BCUT2D eigenvalue weighted by atomic mass is 10.0. The van der Waals surface area contributed by atoms with Crippen LogP contribution in [0.5, 0.6) is 0 Å². The third kappa shape index (κ3) is 3.60. The van der Waals surface area contributed by atoms with Crippen molar-refractivity contribution in [1.82, 2.24) is 9.97 Å². The number of Topliss-reactive ketones (excluding diaryl/α,β-unsaturated/α-hetero) is 1. The number of nitrogens with zero attached hydrogens (tertiary/aromatic N) is 2. The maximum absolute atomic E-state index is 12.4. The summed E-state index contributed by atoms with van der Waals surface area (Å²) < 4.78 is 0. The minimum Gasteiger partial charge on any atom is -0.345 e. The van der Waals surface area contributed by atoms with Gasteiger partial charge in [0.25, 0.3) is 0 Å². The molecule has 1 aromatic heterocycles. The van der Waals surface area contributed by atoms with Crippen LogP contribution in [0.2, 0.25) is 0 Å². The molecule has 1 aliphatic heterocycles. The van der Waals surface area contributed by atoms with E-state index in [1.807, 2.05) is 57.2 Å². The van der Waals surface area contributed by atoms with Crippen LogP contribution in [0.15, 0.2) is 61.0 Å². The smallest absolute Gasteiger partial charge is 0.235 e. The average molecular weight is 337 g/mol. The zero-order valence-electron chi connectivity index (χ0n) is 14.8. The second-order valence-electron chi connectivity index (χ2n) is 5.31. The van der Waals surface area contributed by atoms with Crippen LogP contribution in [0, 0.1) is 0 Å². The number of imidazole rings is 1. The first-order valence-corrected chi connectivity index (χ1v) is 8.39. The Morgan fingerprint density at radius 3 is 2.80 bits per heavy atom. The Bertz CT molecular complexity index is 845. The number of anilines is 1. The van der Waals surface area contributed by atoms with Gasteiger partial charge in [-0.05, 0) is 30.7 Å². The highest BCUT2D eigenvalue weighted by Crippen LogP contribution is 2.30. The number of aromatic amines is 1. The largest absolute Gasteiger partial charge is 0.345 e. The van der Waals surface area contributed by atoms with Crippen molar-refractivity contribution in [3.05, 3.63) is 61.0 Å². The summed E-state index contributed by atoms with van der Waals surface area (Å²) in [6, 6.07) is 4.85. The molecule has 1 fully saturated rings. The molecule has 5 heteroatoms. The van der Waals surface area contributed by atoms with E-state index in [1.54, 1.807) is 17.3 Å². The number of H-pyrrole nitrogens is 1. The summed E-state index contributed by atoms with van der Waals surface area (Å²) in [7, 11) is 0. The van der Waals surface area contributed by atoms with Gasteiger partial charge in [-0.2, -0.15) is 0 Å². The molecular formula is C20H23N3O2. The zero-order chi connectivity index (χ0) is 18.4. The standard InChI is InChI=1S/C18H17N3O2.C2H6/c1-3-5-6-12(4-2)18-16(22)10-17(23)21(18)13-7-8-14-15(9-13)20-11-19-14;1-2/h3-9,11,18H,2,10H2,1H3,(H,19,20);1-2H3/b5-3-,12-6+;. The maximum atomic E-state index is 12.4. The molecule has 1 aliphatic rings. The Kier molecular flexibility index (Phi) is 6.06. The Morgan fingerprint density at radius 1 is 1.36 bits per heavy atom. The number of rotatable bonds is 4. The second kappa shape index (κ2) is 8.24. The van der Waals surface area contributed by atoms with E-state index in [0.29, 0.717) is 11.3 Å². The quantitative estimate of drug-likeness (QED) is 0.678. The summed E-state index contributed by atoms with van der Waals surface area (Å²) in [5.41, 5.74) is 3.03. The number of allylic oxidation sites excluding steroid dienone is 3. The molecule has 130 valence electrons. The SMILES string of the molecule is C=C/C(=C\C=C/C)C1C(=O)CC(=O)N1c1ccc2nc[nH]c2c1.CC. The molecule has 1 amide bonds. The van der Waals surface area contributed by atoms with Gasteiger partial charge in [0, 0.05) is 5.69 Å². The van der Waals surface area contributed by atoms with Crippen molar-refractivity contribution in [3.8, 4) is 0 Å². The Hall–Kier alpha value is -2.95. The van der Waals surface area contributed by atoms with Crippen LogP contribution in [-0.2, 0) is 9.59 Å². The van der Waals surface area contributed by atoms with E-state index in [4.69, 9.17) is 0 Å². The average Bonchev–Trinajstić information content (AvgIpc) is 3.21. The van der Waals surface area contributed by atoms with Crippen molar-refractivity contribution in [2.75, 3.05) is 4.90 Å². The van der Waals surface area contributed by atoms with E-state index in [-0.39, 0.29) is 18.1 Å². The molecule has 0 aliphatic carbocycles. The number of hydrogen-bond acceptors (Lipinski definition) is 3. The van der Waals surface area contributed by atoms with Gasteiger partial charge in [-0.15, -0.1) is 0 Å². The minimum atomic E-state index is -0.628. The number of ketones is 1. The molecule has 1 aromatic carbocycles. The molecule has 0 saturated carbocycles. The molecular weight excluding hydrogens is 314 g/mol. The normalized spacial score (nSPS) is 18.0. The van der Waals surface area contributed by atoms with E-state index in [2.05, 4.69) is 16.5 Å². The number of amides is 1. The highest BCUT2D eigenvalue weighted by molar-refractivity contribution is 6.19. The molecule has 1 atom stereocenters. The van der Waals surface area contributed by atoms with E-state index in [1.165, 1.54) is 0 Å². The van der Waals surface area contributed by atoms with E-state index in [0.717, 1.165) is 11.0 Å². The van der Waals surface area contributed by atoms with E-state index < -0.39 is 6.04 Å². The maximum Gasteiger partial charge on any atom is 0.235 e. The molecule has 2 heterocycles. The lowest BCUT2D eigenvalue weighted by molar-refractivity contribution is -0.121. The Morgan fingerprint density at radius 2 is 2.12 bits per heavy atom. The fourth-order valence-electron chi connectivity index (χ4n) is 2.80. The monoisotopic (exact) mass is 337 g/mol. The zero-order valence-corrected chi connectivity index (χ0v) is 14.8. The van der Waals surface area contributed by atoms with Crippen LogP contribution >= 0.6 is 0 Å². The first-order chi connectivity index (χ1) is 12.2. The first kappa shape index (κ1) is 18.4. The Labute approximate surface area is 147 Å². The van der Waals surface area contributed by atoms with Crippen LogP contribution in [0.3, 0.4) is 0 Å². The summed E-state index contributed by atoms with van der Waals surface area (Å²) in [5.74, 6) is -0.317. The molecule has 1 N–H and O–H groups in total. The fraction of sp³-hybridized carbons (Fsp3) is 0.250. The highest BCUT2D eigenvalue weighted by atomic mass is 16.2. The molecule has 1 unspecified atom stereocenters. The summed E-state index contributed by atoms with van der Waals surface area (Å²) in [5, 5.41) is 0. The molecule has 5 nitrogen and oxygen atoms in total. The van der Waals surface area contributed by atoms with Crippen molar-refractivity contribution >= 4 is 28.4 Å². The molecule has 3 rings (SSSR count). The topological polar surface area (TPSA) is 66.1 Å². The third-order valence-corrected chi connectivity index (χ3v) is 3.87. The summed E-state index contributed by atoms with van der Waals surface area (Å²) in [6.45, 7) is 9.67. The van der Waals surface area contributed by atoms with Crippen molar-refractivity contribution < 1.29 is 9.59 Å². The van der Waals surface area contributed by atoms with Gasteiger partial charge in [0.05, 0.1) is 23.8 Å². The van der Waals surface area contributed by atoms with Crippen molar-refractivity contribution in [2.24, 2.45) is 0 Å². The molecule has 1 saturated heterocycles. The second-order valence-corrected chi connectivity index (χ2v) is 5.31. The van der Waals surface area contributed by atoms with E-state index >= 15 is 0 Å². The molecule has 0 radical (unpaired) electrons. The number of benzene rings is 1. The highest BCUT2D eigenvalue weighted by Gasteiger charge is 2.40. The van der Waals surface area contributed by atoms with Gasteiger partial charge in [0.1, 0.15) is 6.04 Å². The predicted octanol–water partition coefficient (Wildman–Crippen LogP) is 3.95. The van der Waals surface area contributed by atoms with Crippen LogP contribution in [0.4, 0.5) is 5.69 Å². The van der Waals surface area contributed by atoms with Gasteiger partial charge in [0.15, 0.2) is 5.78 Å². The summed E-state index contributed by atoms with van der Waals surface area (Å²) in [4.78, 5) is 33.4. The van der Waals surface area contributed by atoms with Crippen molar-refractivity contribution in [3.63, 3.8) is 0 Å². The van der Waals surface area contributed by atoms with Gasteiger partial charge in [0.2, 0.25) is 5.91 Å². The van der Waals surface area contributed by atoms with Crippen LogP contribution in [0.25, 0.3) is 11.0 Å². The molecule has 2 aromatic rings. The van der Waals surface area contributed by atoms with Gasteiger partial charge in [-0.3, -0.25) is 14.5 Å². The van der Waals surface area contributed by atoms with Gasteiger partial charge < -0.3 is 4.98 Å². The first-order valence-electron chi connectivity index (χ1n) is 8.39. The Balaban J connectivity index is 0.00000109. The number of hydrogen-bond donors (Lipinski definition) is 1. The van der Waals surface area contributed by atoms with Gasteiger partial charge in [-0.25, -0.2) is 4.98 Å².